The molecule has 0 fully saturated rings. The molecule has 1 unspecified atom stereocenters. The number of aryl methyl sites for hydroxylation is 1. The molecule has 0 radical (unpaired) electrons. The summed E-state index contributed by atoms with van der Waals surface area (Å²) < 4.78 is 44.3. The summed E-state index contributed by atoms with van der Waals surface area (Å²) in [6, 6.07) is 2.86. The molecule has 2 rings (SSSR count). The number of halogens is 3. The second kappa shape index (κ2) is 3.97. The van der Waals surface area contributed by atoms with E-state index in [9.17, 15) is 23.1 Å². The van der Waals surface area contributed by atoms with Gasteiger partial charge in [-0.2, -0.15) is 13.2 Å². The van der Waals surface area contributed by atoms with Crippen molar-refractivity contribution in [3.8, 4) is 5.75 Å². The van der Waals surface area contributed by atoms with Crippen molar-refractivity contribution in [3.05, 3.63) is 28.8 Å². The van der Waals surface area contributed by atoms with Gasteiger partial charge in [0.15, 0.2) is 0 Å². The third kappa shape index (κ3) is 1.82. The number of rotatable bonds is 0. The number of ether oxygens (including phenoxy) is 1. The van der Waals surface area contributed by atoms with Gasteiger partial charge in [-0.15, -0.1) is 0 Å². The fraction of sp³-hybridized carbons (Fsp3) is 0.500. The fourth-order valence-corrected chi connectivity index (χ4v) is 2.63. The van der Waals surface area contributed by atoms with Crippen molar-refractivity contribution in [3.63, 3.8) is 0 Å². The molecule has 1 heterocycles. The Balaban J connectivity index is 2.87. The predicted molar refractivity (Wildman–Crippen MR) is 65.5 cm³/mol. The summed E-state index contributed by atoms with van der Waals surface area (Å²) >= 11 is 0. The van der Waals surface area contributed by atoms with E-state index < -0.39 is 28.7 Å². The summed E-state index contributed by atoms with van der Waals surface area (Å²) in [5, 5.41) is 10.0. The molecule has 1 aliphatic rings. The Hall–Kier alpha value is -1.56. The van der Waals surface area contributed by atoms with Gasteiger partial charge in [0.2, 0.25) is 0 Å². The molecule has 0 amide bonds. The molecule has 1 aliphatic heterocycles. The molecule has 0 spiro atoms. The molecule has 0 saturated heterocycles. The van der Waals surface area contributed by atoms with E-state index in [2.05, 4.69) is 4.74 Å². The van der Waals surface area contributed by atoms with Crippen LogP contribution in [-0.2, 0) is 15.8 Å². The summed E-state index contributed by atoms with van der Waals surface area (Å²) in [6.07, 6.45) is -5.14. The largest absolute Gasteiger partial charge is 0.432 e. The first-order valence-electron chi connectivity index (χ1n) is 6.06. The van der Waals surface area contributed by atoms with E-state index in [0.29, 0.717) is 5.56 Å². The molecule has 3 nitrogen and oxygen atoms in total. The Morgan fingerprint density at radius 3 is 2.20 bits per heavy atom. The Bertz CT molecular complexity index is 585. The molecule has 6 heteroatoms. The van der Waals surface area contributed by atoms with Gasteiger partial charge < -0.3 is 9.84 Å². The van der Waals surface area contributed by atoms with Crippen LogP contribution in [0.4, 0.5) is 13.2 Å². The topological polar surface area (TPSA) is 46.5 Å². The van der Waals surface area contributed by atoms with Crippen molar-refractivity contribution >= 4 is 5.97 Å². The molecular formula is C14H15F3O3. The fourth-order valence-electron chi connectivity index (χ4n) is 2.63. The van der Waals surface area contributed by atoms with Crippen LogP contribution in [0.15, 0.2) is 12.1 Å². The van der Waals surface area contributed by atoms with Crippen molar-refractivity contribution in [2.24, 2.45) is 0 Å². The minimum absolute atomic E-state index is 0.231. The maximum absolute atomic E-state index is 13.2. The zero-order valence-electron chi connectivity index (χ0n) is 11.6. The standard InChI is InChI=1S/C14H15F3O3/c1-7-5-6-8-10(9(7)12(2,3)4)13(19,11(18)20-8)14(15,16)17/h5-6,19H,1-4H3. The van der Waals surface area contributed by atoms with Gasteiger partial charge in [0.25, 0.3) is 5.60 Å². The van der Waals surface area contributed by atoms with Crippen LogP contribution in [0.2, 0.25) is 0 Å². The first-order valence-corrected chi connectivity index (χ1v) is 6.06. The van der Waals surface area contributed by atoms with Gasteiger partial charge in [0.1, 0.15) is 5.75 Å². The van der Waals surface area contributed by atoms with Crippen molar-refractivity contribution in [1.82, 2.24) is 0 Å². The summed E-state index contributed by atoms with van der Waals surface area (Å²) in [6.45, 7) is 6.79. The van der Waals surface area contributed by atoms with E-state index in [0.717, 1.165) is 0 Å². The molecule has 1 aromatic rings. The van der Waals surface area contributed by atoms with Crippen LogP contribution in [0.3, 0.4) is 0 Å². The maximum atomic E-state index is 13.2. The number of fused-ring (bicyclic) bond motifs is 1. The zero-order valence-corrected chi connectivity index (χ0v) is 11.6. The Labute approximate surface area is 114 Å². The molecule has 0 saturated carbocycles. The van der Waals surface area contributed by atoms with E-state index in [4.69, 9.17) is 0 Å². The molecular weight excluding hydrogens is 273 g/mol. The van der Waals surface area contributed by atoms with Crippen LogP contribution < -0.4 is 4.74 Å². The lowest BCUT2D eigenvalue weighted by Gasteiger charge is -2.30. The highest BCUT2D eigenvalue weighted by Gasteiger charge is 2.67. The number of carbonyl (C=O) groups is 1. The number of benzene rings is 1. The molecule has 1 N–H and O–H groups in total. The first kappa shape index (κ1) is 14.8. The average molecular weight is 288 g/mol. The van der Waals surface area contributed by atoms with Crippen molar-refractivity contribution in [2.75, 3.05) is 0 Å². The smallest absolute Gasteiger partial charge is 0.423 e. The van der Waals surface area contributed by atoms with Gasteiger partial charge in [-0.1, -0.05) is 26.8 Å². The maximum Gasteiger partial charge on any atom is 0.432 e. The Morgan fingerprint density at radius 1 is 1.20 bits per heavy atom. The van der Waals surface area contributed by atoms with Gasteiger partial charge in [-0.05, 0) is 29.5 Å². The number of hydrogen-bond donors (Lipinski definition) is 1. The SMILES string of the molecule is Cc1ccc2c(c1C(C)(C)C)C(O)(C(F)(F)F)C(=O)O2. The minimum atomic E-state index is -5.14. The van der Waals surface area contributed by atoms with Gasteiger partial charge >= 0.3 is 12.1 Å². The van der Waals surface area contributed by atoms with Crippen molar-refractivity contribution in [1.29, 1.82) is 0 Å². The molecule has 1 atom stereocenters. The van der Waals surface area contributed by atoms with E-state index in [1.54, 1.807) is 33.8 Å². The van der Waals surface area contributed by atoms with Crippen LogP contribution in [0.25, 0.3) is 0 Å². The van der Waals surface area contributed by atoms with E-state index >= 15 is 0 Å². The second-order valence-electron chi connectivity index (χ2n) is 5.98. The molecule has 0 aromatic heterocycles. The van der Waals surface area contributed by atoms with Crippen LogP contribution >= 0.6 is 0 Å². The van der Waals surface area contributed by atoms with Crippen LogP contribution in [-0.4, -0.2) is 17.3 Å². The number of aliphatic hydroxyl groups is 1. The zero-order chi connectivity index (χ0) is 15.5. The Morgan fingerprint density at radius 2 is 1.75 bits per heavy atom. The number of esters is 1. The molecule has 0 bridgehead atoms. The summed E-state index contributed by atoms with van der Waals surface area (Å²) in [7, 11) is 0. The van der Waals surface area contributed by atoms with Gasteiger partial charge in [-0.25, -0.2) is 4.79 Å². The van der Waals surface area contributed by atoms with Crippen LogP contribution in [0, 0.1) is 6.92 Å². The quantitative estimate of drug-likeness (QED) is 0.590. The highest BCUT2D eigenvalue weighted by molar-refractivity contribution is 5.91. The summed E-state index contributed by atoms with van der Waals surface area (Å²) in [5.41, 5.74) is -3.92. The second-order valence-corrected chi connectivity index (χ2v) is 5.98. The highest BCUT2D eigenvalue weighted by Crippen LogP contribution is 2.52. The van der Waals surface area contributed by atoms with Crippen molar-refractivity contribution < 1.29 is 27.8 Å². The van der Waals surface area contributed by atoms with Gasteiger partial charge in [0.05, 0.1) is 5.56 Å². The molecule has 110 valence electrons. The lowest BCUT2D eigenvalue weighted by molar-refractivity contribution is -0.258. The molecule has 0 aliphatic carbocycles. The van der Waals surface area contributed by atoms with Gasteiger partial charge in [0, 0.05) is 0 Å². The number of alkyl halides is 3. The monoisotopic (exact) mass is 288 g/mol. The molecule has 20 heavy (non-hydrogen) atoms. The summed E-state index contributed by atoms with van der Waals surface area (Å²) in [5.74, 6) is -1.93. The highest BCUT2D eigenvalue weighted by atomic mass is 19.4. The Kier molecular flexibility index (Phi) is 2.95. The lowest BCUT2D eigenvalue weighted by atomic mass is 9.76. The average Bonchev–Trinajstić information content (AvgIpc) is 2.51. The van der Waals surface area contributed by atoms with Gasteiger partial charge in [-0.3, -0.25) is 0 Å². The van der Waals surface area contributed by atoms with E-state index in [1.165, 1.54) is 6.07 Å². The molecule has 1 aromatic carbocycles. The predicted octanol–water partition coefficient (Wildman–Crippen LogP) is 2.96. The normalized spacial score (nSPS) is 22.7. The minimum Gasteiger partial charge on any atom is -0.423 e. The third-order valence-electron chi connectivity index (χ3n) is 3.40. The van der Waals surface area contributed by atoms with Crippen molar-refractivity contribution in [2.45, 2.75) is 44.9 Å². The van der Waals surface area contributed by atoms with Crippen LogP contribution in [0.1, 0.15) is 37.5 Å². The third-order valence-corrected chi connectivity index (χ3v) is 3.40. The first-order chi connectivity index (χ1) is 8.90. The van der Waals surface area contributed by atoms with Crippen LogP contribution in [0.5, 0.6) is 5.75 Å². The number of carbonyl (C=O) groups excluding carboxylic acids is 1. The number of hydrogen-bond acceptors (Lipinski definition) is 3. The van der Waals surface area contributed by atoms with E-state index in [1.807, 2.05) is 0 Å². The summed E-state index contributed by atoms with van der Waals surface area (Å²) in [4.78, 5) is 11.6. The van der Waals surface area contributed by atoms with E-state index in [-0.39, 0.29) is 11.3 Å². The lowest BCUT2D eigenvalue weighted by Crippen LogP contribution is -2.48.